The molecule has 2 rings (SSSR count). The lowest BCUT2D eigenvalue weighted by molar-refractivity contribution is -0.140. The zero-order valence-corrected chi connectivity index (χ0v) is 11.9. The van der Waals surface area contributed by atoms with Gasteiger partial charge in [0.1, 0.15) is 6.04 Å². The van der Waals surface area contributed by atoms with Crippen LogP contribution in [0.15, 0.2) is 11.4 Å². The van der Waals surface area contributed by atoms with Crippen LogP contribution in [0.4, 0.5) is 0 Å². The molecule has 2 heterocycles. The first-order chi connectivity index (χ1) is 8.99. The standard InChI is InChI=1S/C13H18N2O3S/c1-8(2)11-5-9(7-19-11)12(16)15-4-3-14-10(6-15)13(17)18/h5,7-8,10,14H,3-4,6H2,1-2H3,(H,17,18). The molecule has 0 bridgehead atoms. The maximum absolute atomic E-state index is 12.3. The Bertz CT molecular complexity index is 484. The van der Waals surface area contributed by atoms with Gasteiger partial charge in [0.05, 0.1) is 5.56 Å². The van der Waals surface area contributed by atoms with E-state index < -0.39 is 12.0 Å². The Morgan fingerprint density at radius 1 is 1.53 bits per heavy atom. The summed E-state index contributed by atoms with van der Waals surface area (Å²) >= 11 is 1.58. The van der Waals surface area contributed by atoms with Gasteiger partial charge in [0, 0.05) is 29.9 Å². The molecule has 1 aliphatic rings. The van der Waals surface area contributed by atoms with Gasteiger partial charge in [-0.3, -0.25) is 9.59 Å². The zero-order valence-electron chi connectivity index (χ0n) is 11.0. The molecule has 5 nitrogen and oxygen atoms in total. The molecule has 1 aromatic rings. The van der Waals surface area contributed by atoms with Crippen LogP contribution in [0.25, 0.3) is 0 Å². The molecule has 1 aliphatic heterocycles. The molecular weight excluding hydrogens is 264 g/mol. The van der Waals surface area contributed by atoms with E-state index >= 15 is 0 Å². The van der Waals surface area contributed by atoms with Gasteiger partial charge >= 0.3 is 5.97 Å². The number of piperazine rings is 1. The van der Waals surface area contributed by atoms with E-state index in [1.807, 2.05) is 11.4 Å². The molecule has 0 aromatic carbocycles. The number of amides is 1. The lowest BCUT2D eigenvalue weighted by Gasteiger charge is -2.31. The highest BCUT2D eigenvalue weighted by atomic mass is 32.1. The van der Waals surface area contributed by atoms with Crippen molar-refractivity contribution in [2.45, 2.75) is 25.8 Å². The quantitative estimate of drug-likeness (QED) is 0.878. The fourth-order valence-corrected chi connectivity index (χ4v) is 2.95. The predicted molar refractivity (Wildman–Crippen MR) is 73.7 cm³/mol. The van der Waals surface area contributed by atoms with E-state index in [0.29, 0.717) is 24.6 Å². The molecule has 1 atom stereocenters. The van der Waals surface area contributed by atoms with E-state index in [4.69, 9.17) is 5.11 Å². The Morgan fingerprint density at radius 3 is 2.84 bits per heavy atom. The van der Waals surface area contributed by atoms with Crippen LogP contribution in [0.3, 0.4) is 0 Å². The Kier molecular flexibility index (Phi) is 4.21. The van der Waals surface area contributed by atoms with E-state index in [9.17, 15) is 9.59 Å². The Morgan fingerprint density at radius 2 is 2.26 bits per heavy atom. The number of hydrogen-bond acceptors (Lipinski definition) is 4. The summed E-state index contributed by atoms with van der Waals surface area (Å²) in [5, 5.41) is 13.7. The van der Waals surface area contributed by atoms with Crippen LogP contribution < -0.4 is 5.32 Å². The van der Waals surface area contributed by atoms with E-state index in [1.54, 1.807) is 16.2 Å². The van der Waals surface area contributed by atoms with Gasteiger partial charge in [0.2, 0.25) is 0 Å². The highest BCUT2D eigenvalue weighted by Gasteiger charge is 2.28. The second kappa shape index (κ2) is 5.71. The van der Waals surface area contributed by atoms with Crippen molar-refractivity contribution in [1.29, 1.82) is 0 Å². The van der Waals surface area contributed by atoms with Crippen molar-refractivity contribution >= 4 is 23.2 Å². The number of carbonyl (C=O) groups excluding carboxylic acids is 1. The third kappa shape index (κ3) is 3.13. The molecule has 2 N–H and O–H groups in total. The van der Waals surface area contributed by atoms with Crippen LogP contribution in [-0.2, 0) is 4.79 Å². The average Bonchev–Trinajstić information content (AvgIpc) is 2.87. The van der Waals surface area contributed by atoms with Crippen molar-refractivity contribution in [2.75, 3.05) is 19.6 Å². The number of nitrogens with zero attached hydrogens (tertiary/aromatic N) is 1. The van der Waals surface area contributed by atoms with Gasteiger partial charge in [-0.25, -0.2) is 0 Å². The number of rotatable bonds is 3. The normalized spacial score (nSPS) is 19.7. The molecule has 104 valence electrons. The Hall–Kier alpha value is -1.40. The summed E-state index contributed by atoms with van der Waals surface area (Å²) in [4.78, 5) is 26.1. The third-order valence-corrected chi connectivity index (χ3v) is 4.43. The van der Waals surface area contributed by atoms with Crippen molar-refractivity contribution in [3.05, 3.63) is 21.9 Å². The SMILES string of the molecule is CC(C)c1cc(C(=O)N2CCNC(C(=O)O)C2)cs1. The molecule has 0 saturated carbocycles. The van der Waals surface area contributed by atoms with Crippen LogP contribution in [-0.4, -0.2) is 47.6 Å². The summed E-state index contributed by atoms with van der Waals surface area (Å²) in [6, 6.07) is 1.25. The molecular formula is C13H18N2O3S. The van der Waals surface area contributed by atoms with Gasteiger partial charge in [-0.1, -0.05) is 13.8 Å². The molecule has 0 spiro atoms. The summed E-state index contributed by atoms with van der Waals surface area (Å²) in [5.41, 5.74) is 0.666. The summed E-state index contributed by atoms with van der Waals surface area (Å²) in [5.74, 6) is -0.581. The molecule has 1 saturated heterocycles. The fourth-order valence-electron chi connectivity index (χ4n) is 2.05. The maximum atomic E-state index is 12.3. The number of carboxylic acid groups (broad SMARTS) is 1. The number of carbonyl (C=O) groups is 2. The largest absolute Gasteiger partial charge is 0.480 e. The third-order valence-electron chi connectivity index (χ3n) is 3.20. The second-order valence-corrected chi connectivity index (χ2v) is 5.93. The first kappa shape index (κ1) is 14.0. The minimum atomic E-state index is -0.911. The smallest absolute Gasteiger partial charge is 0.322 e. The lowest BCUT2D eigenvalue weighted by atomic mass is 10.1. The van der Waals surface area contributed by atoms with Gasteiger partial charge < -0.3 is 15.3 Å². The van der Waals surface area contributed by atoms with Crippen LogP contribution in [0.1, 0.15) is 35.0 Å². The van der Waals surface area contributed by atoms with Crippen LogP contribution in [0.5, 0.6) is 0 Å². The van der Waals surface area contributed by atoms with Crippen LogP contribution >= 0.6 is 11.3 Å². The minimum Gasteiger partial charge on any atom is -0.480 e. The monoisotopic (exact) mass is 282 g/mol. The molecule has 1 fully saturated rings. The number of nitrogens with one attached hydrogen (secondary N) is 1. The first-order valence-corrected chi connectivity index (χ1v) is 7.21. The summed E-state index contributed by atoms with van der Waals surface area (Å²) in [6.45, 7) is 5.47. The summed E-state index contributed by atoms with van der Waals surface area (Å²) in [6.07, 6.45) is 0. The van der Waals surface area contributed by atoms with Gasteiger partial charge in [-0.05, 0) is 12.0 Å². The Balaban J connectivity index is 2.08. The van der Waals surface area contributed by atoms with Crippen molar-refractivity contribution in [2.24, 2.45) is 0 Å². The molecule has 1 aromatic heterocycles. The van der Waals surface area contributed by atoms with Crippen molar-refractivity contribution < 1.29 is 14.7 Å². The minimum absolute atomic E-state index is 0.0732. The number of aliphatic carboxylic acids is 1. The van der Waals surface area contributed by atoms with Crippen LogP contribution in [0, 0.1) is 0 Å². The first-order valence-electron chi connectivity index (χ1n) is 6.33. The van der Waals surface area contributed by atoms with Gasteiger partial charge in [-0.15, -0.1) is 11.3 Å². The van der Waals surface area contributed by atoms with Crippen molar-refractivity contribution in [3.63, 3.8) is 0 Å². The summed E-state index contributed by atoms with van der Waals surface area (Å²) in [7, 11) is 0. The Labute approximate surface area is 116 Å². The fraction of sp³-hybridized carbons (Fsp3) is 0.538. The van der Waals surface area contributed by atoms with E-state index in [1.165, 1.54) is 4.88 Å². The van der Waals surface area contributed by atoms with Gasteiger partial charge in [-0.2, -0.15) is 0 Å². The maximum Gasteiger partial charge on any atom is 0.322 e. The van der Waals surface area contributed by atoms with E-state index in [2.05, 4.69) is 19.2 Å². The lowest BCUT2D eigenvalue weighted by Crippen LogP contribution is -2.55. The van der Waals surface area contributed by atoms with E-state index in [0.717, 1.165) is 0 Å². The number of carboxylic acids is 1. The summed E-state index contributed by atoms with van der Waals surface area (Å²) < 4.78 is 0. The molecule has 1 unspecified atom stereocenters. The molecule has 0 aliphatic carbocycles. The van der Waals surface area contributed by atoms with Crippen molar-refractivity contribution in [1.82, 2.24) is 10.2 Å². The zero-order chi connectivity index (χ0) is 14.0. The molecule has 1 amide bonds. The predicted octanol–water partition coefficient (Wildman–Crippen LogP) is 1.37. The van der Waals surface area contributed by atoms with Gasteiger partial charge in [0.25, 0.3) is 5.91 Å². The highest BCUT2D eigenvalue weighted by Crippen LogP contribution is 2.24. The van der Waals surface area contributed by atoms with Crippen molar-refractivity contribution in [3.8, 4) is 0 Å². The highest BCUT2D eigenvalue weighted by molar-refractivity contribution is 7.10. The molecule has 0 radical (unpaired) electrons. The van der Waals surface area contributed by atoms with E-state index in [-0.39, 0.29) is 12.5 Å². The van der Waals surface area contributed by atoms with Gasteiger partial charge in [0.15, 0.2) is 0 Å². The molecule has 19 heavy (non-hydrogen) atoms. The average molecular weight is 282 g/mol. The topological polar surface area (TPSA) is 69.6 Å². The number of hydrogen-bond donors (Lipinski definition) is 2. The number of thiophene rings is 1. The van der Waals surface area contributed by atoms with Crippen LogP contribution in [0.2, 0.25) is 0 Å². The second-order valence-electron chi connectivity index (χ2n) is 4.99. The molecule has 6 heteroatoms.